The zero-order chi connectivity index (χ0) is 20.3. The Hall–Kier alpha value is -2.30. The van der Waals surface area contributed by atoms with Crippen LogP contribution in [0.15, 0.2) is 71.8 Å². The number of carbonyl (C=O) groups excluding carboxylic acids is 1. The van der Waals surface area contributed by atoms with E-state index in [1.165, 1.54) is 38.4 Å². The van der Waals surface area contributed by atoms with Gasteiger partial charge < -0.3 is 5.32 Å². The third-order valence-electron chi connectivity index (χ3n) is 4.06. The lowest BCUT2D eigenvalue weighted by Crippen LogP contribution is -2.22. The first-order valence-electron chi connectivity index (χ1n) is 8.34. The van der Waals surface area contributed by atoms with Crippen molar-refractivity contribution in [3.05, 3.63) is 76.0 Å². The highest BCUT2D eigenvalue weighted by Crippen LogP contribution is 2.27. The fourth-order valence-electron chi connectivity index (χ4n) is 2.51. The van der Waals surface area contributed by atoms with Crippen molar-refractivity contribution in [2.45, 2.75) is 4.90 Å². The molecule has 0 bridgehead atoms. The van der Waals surface area contributed by atoms with Crippen LogP contribution < -0.4 is 5.32 Å². The van der Waals surface area contributed by atoms with Crippen LogP contribution in [0.3, 0.4) is 0 Å². The Labute approximate surface area is 177 Å². The summed E-state index contributed by atoms with van der Waals surface area (Å²) in [6.07, 6.45) is 1.72. The van der Waals surface area contributed by atoms with Gasteiger partial charge in [-0.3, -0.25) is 9.78 Å². The molecule has 0 saturated heterocycles. The average Bonchev–Trinajstić information content (AvgIpc) is 2.70. The molecule has 144 valence electrons. The minimum absolute atomic E-state index is 0.140. The van der Waals surface area contributed by atoms with Gasteiger partial charge in [-0.2, -0.15) is 0 Å². The fourth-order valence-corrected chi connectivity index (χ4v) is 4.03. The maximum atomic E-state index is 12.6. The van der Waals surface area contributed by atoms with E-state index in [0.717, 1.165) is 19.1 Å². The standard InChI is InChI=1S/C20H18IN3O3S/c1-24(2)28(26,27)16-9-6-14(7-10-16)20(25)23-15-8-11-18(21)17(13-15)19-5-3-4-12-22-19/h3-13H,1-2H3,(H,23,25). The van der Waals surface area contributed by atoms with Gasteiger partial charge in [-0.25, -0.2) is 12.7 Å². The third kappa shape index (κ3) is 4.40. The fraction of sp³-hybridized carbons (Fsp3) is 0.100. The maximum absolute atomic E-state index is 12.6. The van der Waals surface area contributed by atoms with E-state index in [1.807, 2.05) is 36.4 Å². The van der Waals surface area contributed by atoms with Crippen LogP contribution in [-0.2, 0) is 10.0 Å². The predicted octanol–water partition coefficient (Wildman–Crippen LogP) is 3.86. The number of anilines is 1. The monoisotopic (exact) mass is 507 g/mol. The highest BCUT2D eigenvalue weighted by Gasteiger charge is 2.17. The Morgan fingerprint density at radius 3 is 2.36 bits per heavy atom. The number of benzene rings is 2. The van der Waals surface area contributed by atoms with Crippen molar-refractivity contribution < 1.29 is 13.2 Å². The second kappa shape index (κ2) is 8.38. The van der Waals surface area contributed by atoms with Gasteiger partial charge in [-0.1, -0.05) is 6.07 Å². The Morgan fingerprint density at radius 1 is 1.04 bits per heavy atom. The van der Waals surface area contributed by atoms with Crippen molar-refractivity contribution in [1.82, 2.24) is 9.29 Å². The second-order valence-corrected chi connectivity index (χ2v) is 9.49. The first-order chi connectivity index (χ1) is 13.3. The predicted molar refractivity (Wildman–Crippen MR) is 118 cm³/mol. The topological polar surface area (TPSA) is 79.4 Å². The Bertz CT molecular complexity index is 1100. The molecule has 3 aromatic rings. The molecule has 2 aromatic carbocycles. The number of sulfonamides is 1. The van der Waals surface area contributed by atoms with Crippen molar-refractivity contribution >= 4 is 44.2 Å². The van der Waals surface area contributed by atoms with Crippen LogP contribution in [-0.4, -0.2) is 37.7 Å². The number of pyridine rings is 1. The summed E-state index contributed by atoms with van der Waals surface area (Å²) in [6.45, 7) is 0. The number of rotatable bonds is 5. The minimum Gasteiger partial charge on any atom is -0.322 e. The first-order valence-corrected chi connectivity index (χ1v) is 10.9. The summed E-state index contributed by atoms with van der Waals surface area (Å²) < 4.78 is 26.4. The normalized spacial score (nSPS) is 11.4. The highest BCUT2D eigenvalue weighted by atomic mass is 127. The molecule has 3 rings (SSSR count). The second-order valence-electron chi connectivity index (χ2n) is 6.18. The molecular weight excluding hydrogens is 489 g/mol. The summed E-state index contributed by atoms with van der Waals surface area (Å²) in [5.74, 6) is -0.318. The summed E-state index contributed by atoms with van der Waals surface area (Å²) in [6, 6.07) is 17.1. The van der Waals surface area contributed by atoms with E-state index in [0.29, 0.717) is 11.3 Å². The number of halogens is 1. The number of hydrogen-bond donors (Lipinski definition) is 1. The molecule has 8 heteroatoms. The number of hydrogen-bond acceptors (Lipinski definition) is 4. The quantitative estimate of drug-likeness (QED) is 0.533. The van der Waals surface area contributed by atoms with Crippen LogP contribution >= 0.6 is 22.6 Å². The highest BCUT2D eigenvalue weighted by molar-refractivity contribution is 14.1. The van der Waals surface area contributed by atoms with Crippen molar-refractivity contribution in [1.29, 1.82) is 0 Å². The van der Waals surface area contributed by atoms with Crippen LogP contribution in [0.5, 0.6) is 0 Å². The molecule has 0 fully saturated rings. The van der Waals surface area contributed by atoms with Gasteiger partial charge in [0.25, 0.3) is 5.91 Å². The molecule has 0 radical (unpaired) electrons. The SMILES string of the molecule is CN(C)S(=O)(=O)c1ccc(C(=O)Nc2ccc(I)c(-c3ccccn3)c2)cc1. The lowest BCUT2D eigenvalue weighted by Gasteiger charge is -2.12. The molecule has 0 aliphatic heterocycles. The number of aromatic nitrogens is 1. The van der Waals surface area contributed by atoms with Crippen LogP contribution in [0.25, 0.3) is 11.3 Å². The molecule has 0 saturated carbocycles. The summed E-state index contributed by atoms with van der Waals surface area (Å²) in [7, 11) is -0.597. The molecule has 0 aliphatic rings. The summed E-state index contributed by atoms with van der Waals surface area (Å²) in [5.41, 5.74) is 2.75. The summed E-state index contributed by atoms with van der Waals surface area (Å²) in [4.78, 5) is 17.0. The van der Waals surface area contributed by atoms with E-state index >= 15 is 0 Å². The van der Waals surface area contributed by atoms with Gasteiger partial charge in [0, 0.05) is 40.7 Å². The van der Waals surface area contributed by atoms with Gasteiger partial charge in [0.05, 0.1) is 10.6 Å². The van der Waals surface area contributed by atoms with Gasteiger partial charge in [-0.05, 0) is 77.2 Å². The lowest BCUT2D eigenvalue weighted by atomic mass is 10.1. The molecular formula is C20H18IN3O3S. The zero-order valence-electron chi connectivity index (χ0n) is 15.3. The van der Waals surface area contributed by atoms with E-state index in [2.05, 4.69) is 32.9 Å². The van der Waals surface area contributed by atoms with Crippen molar-refractivity contribution in [3.8, 4) is 11.3 Å². The molecule has 0 spiro atoms. The summed E-state index contributed by atoms with van der Waals surface area (Å²) >= 11 is 2.23. The molecule has 0 aliphatic carbocycles. The molecule has 0 unspecified atom stereocenters. The molecule has 1 heterocycles. The van der Waals surface area contributed by atoms with E-state index < -0.39 is 10.0 Å². The van der Waals surface area contributed by atoms with E-state index in [9.17, 15) is 13.2 Å². The van der Waals surface area contributed by atoms with Gasteiger partial charge in [0.2, 0.25) is 10.0 Å². The number of nitrogens with one attached hydrogen (secondary N) is 1. The van der Waals surface area contributed by atoms with Crippen LogP contribution in [0, 0.1) is 3.57 Å². The lowest BCUT2D eigenvalue weighted by molar-refractivity contribution is 0.102. The molecule has 6 nitrogen and oxygen atoms in total. The largest absolute Gasteiger partial charge is 0.322 e. The molecule has 1 amide bonds. The number of carbonyl (C=O) groups is 1. The molecule has 28 heavy (non-hydrogen) atoms. The maximum Gasteiger partial charge on any atom is 0.255 e. The van der Waals surface area contributed by atoms with E-state index in [-0.39, 0.29) is 10.8 Å². The third-order valence-corrected chi connectivity index (χ3v) is 6.83. The van der Waals surface area contributed by atoms with E-state index in [1.54, 1.807) is 6.20 Å². The smallest absolute Gasteiger partial charge is 0.255 e. The van der Waals surface area contributed by atoms with Gasteiger partial charge in [0.1, 0.15) is 0 Å². The van der Waals surface area contributed by atoms with Crippen molar-refractivity contribution in [2.75, 3.05) is 19.4 Å². The number of amides is 1. The zero-order valence-corrected chi connectivity index (χ0v) is 18.2. The average molecular weight is 507 g/mol. The van der Waals surface area contributed by atoms with Gasteiger partial charge in [0.15, 0.2) is 0 Å². The van der Waals surface area contributed by atoms with Gasteiger partial charge in [-0.15, -0.1) is 0 Å². The van der Waals surface area contributed by atoms with Crippen LogP contribution in [0.4, 0.5) is 5.69 Å². The van der Waals surface area contributed by atoms with Crippen LogP contribution in [0.1, 0.15) is 10.4 Å². The number of nitrogens with zero attached hydrogens (tertiary/aromatic N) is 2. The van der Waals surface area contributed by atoms with E-state index in [4.69, 9.17) is 0 Å². The Balaban J connectivity index is 1.82. The Morgan fingerprint density at radius 2 is 1.75 bits per heavy atom. The van der Waals surface area contributed by atoms with Gasteiger partial charge >= 0.3 is 0 Å². The molecule has 0 atom stereocenters. The summed E-state index contributed by atoms with van der Waals surface area (Å²) in [5, 5.41) is 2.85. The molecule has 1 N–H and O–H groups in total. The molecule has 1 aromatic heterocycles. The van der Waals surface area contributed by atoms with Crippen molar-refractivity contribution in [2.24, 2.45) is 0 Å². The Kier molecular flexibility index (Phi) is 6.11. The minimum atomic E-state index is -3.53. The first kappa shape index (κ1) is 20.4. The van der Waals surface area contributed by atoms with Crippen molar-refractivity contribution in [3.63, 3.8) is 0 Å². The van der Waals surface area contributed by atoms with Crippen LogP contribution in [0.2, 0.25) is 0 Å².